The molecule has 1 N–H and O–H groups in total. The van der Waals surface area contributed by atoms with Crippen LogP contribution in [0.5, 0.6) is 0 Å². The predicted molar refractivity (Wildman–Crippen MR) is 86.5 cm³/mol. The molecule has 0 spiro atoms. The van der Waals surface area contributed by atoms with Gasteiger partial charge in [-0.15, -0.1) is 0 Å². The van der Waals surface area contributed by atoms with Gasteiger partial charge in [-0.25, -0.2) is 4.39 Å². The number of nitrogens with one attached hydrogen (secondary N) is 1. The van der Waals surface area contributed by atoms with Crippen LogP contribution in [0.15, 0.2) is 24.3 Å². The normalized spacial score (nSPS) is 23.5. The number of benzene rings is 1. The zero-order chi connectivity index (χ0) is 16.2. The Kier molecular flexibility index (Phi) is 5.28. The molecule has 3 rings (SSSR count). The van der Waals surface area contributed by atoms with E-state index in [1.165, 1.54) is 12.1 Å². The number of carbonyl (C=O) groups is 1. The maximum atomic E-state index is 13.2. The van der Waals surface area contributed by atoms with Gasteiger partial charge in [0, 0.05) is 19.2 Å². The van der Waals surface area contributed by atoms with E-state index in [0.29, 0.717) is 12.6 Å². The monoisotopic (exact) mass is 320 g/mol. The van der Waals surface area contributed by atoms with Crippen molar-refractivity contribution in [2.45, 2.75) is 50.8 Å². The zero-order valence-corrected chi connectivity index (χ0v) is 13.6. The quantitative estimate of drug-likeness (QED) is 0.876. The van der Waals surface area contributed by atoms with E-state index < -0.39 is 0 Å². The summed E-state index contributed by atoms with van der Waals surface area (Å²) < 4.78 is 19.0. The van der Waals surface area contributed by atoms with Crippen molar-refractivity contribution >= 4 is 5.91 Å². The van der Waals surface area contributed by atoms with Gasteiger partial charge in [0.1, 0.15) is 11.9 Å². The fourth-order valence-corrected chi connectivity index (χ4v) is 3.25. The number of nitrogens with zero attached hydrogens (tertiary/aromatic N) is 1. The van der Waals surface area contributed by atoms with E-state index in [9.17, 15) is 9.18 Å². The molecule has 1 saturated carbocycles. The molecule has 2 fully saturated rings. The lowest BCUT2D eigenvalue weighted by Gasteiger charge is -2.37. The van der Waals surface area contributed by atoms with Gasteiger partial charge >= 0.3 is 0 Å². The van der Waals surface area contributed by atoms with Crippen LogP contribution in [-0.4, -0.2) is 42.6 Å². The van der Waals surface area contributed by atoms with Gasteiger partial charge in [-0.05, 0) is 56.8 Å². The van der Waals surface area contributed by atoms with Gasteiger partial charge in [-0.2, -0.15) is 0 Å². The maximum Gasteiger partial charge on any atom is 0.242 e. The lowest BCUT2D eigenvalue weighted by atomic mass is 9.99. The molecule has 1 amide bonds. The molecule has 2 aliphatic rings. The highest BCUT2D eigenvalue weighted by atomic mass is 19.1. The highest BCUT2D eigenvalue weighted by Gasteiger charge is 2.34. The molecule has 1 aromatic rings. The van der Waals surface area contributed by atoms with E-state index in [4.69, 9.17) is 4.74 Å². The minimum Gasteiger partial charge on any atom is -0.377 e. The largest absolute Gasteiger partial charge is 0.377 e. The van der Waals surface area contributed by atoms with E-state index in [1.54, 1.807) is 12.1 Å². The lowest BCUT2D eigenvalue weighted by Crippen LogP contribution is -2.47. The first kappa shape index (κ1) is 16.4. The number of rotatable bonds is 6. The first-order chi connectivity index (χ1) is 11.2. The molecule has 0 aromatic heterocycles. The molecule has 0 bridgehead atoms. The highest BCUT2D eigenvalue weighted by Crippen LogP contribution is 2.28. The average molecular weight is 320 g/mol. The summed E-state index contributed by atoms with van der Waals surface area (Å²) in [7, 11) is 0. The Labute approximate surface area is 137 Å². The van der Waals surface area contributed by atoms with Crippen molar-refractivity contribution in [2.24, 2.45) is 0 Å². The van der Waals surface area contributed by atoms with Crippen LogP contribution < -0.4 is 5.32 Å². The van der Waals surface area contributed by atoms with Crippen LogP contribution in [0.3, 0.4) is 0 Å². The Morgan fingerprint density at radius 3 is 2.74 bits per heavy atom. The third-order valence-corrected chi connectivity index (χ3v) is 4.53. The molecule has 126 valence electrons. The summed E-state index contributed by atoms with van der Waals surface area (Å²) in [6.45, 7) is 4.29. The van der Waals surface area contributed by atoms with Crippen molar-refractivity contribution in [3.8, 4) is 0 Å². The van der Waals surface area contributed by atoms with Gasteiger partial charge in [0.05, 0.1) is 6.10 Å². The topological polar surface area (TPSA) is 41.6 Å². The third kappa shape index (κ3) is 4.30. The van der Waals surface area contributed by atoms with Crippen LogP contribution in [0.2, 0.25) is 0 Å². The number of hydrogen-bond acceptors (Lipinski definition) is 3. The van der Waals surface area contributed by atoms with E-state index in [1.807, 2.05) is 6.92 Å². The second kappa shape index (κ2) is 7.41. The second-order valence-corrected chi connectivity index (χ2v) is 6.45. The molecule has 1 aliphatic carbocycles. The van der Waals surface area contributed by atoms with Crippen molar-refractivity contribution in [1.29, 1.82) is 0 Å². The fraction of sp³-hybridized carbons (Fsp3) is 0.611. The zero-order valence-electron chi connectivity index (χ0n) is 13.6. The van der Waals surface area contributed by atoms with Gasteiger partial charge in [-0.3, -0.25) is 9.69 Å². The SMILES string of the molecule is CCO[C@H]1CCCN([C@@H](C(=O)NC2CC2)c2ccc(F)cc2)C1. The molecule has 1 aromatic carbocycles. The Hall–Kier alpha value is -1.46. The maximum absolute atomic E-state index is 13.2. The van der Waals surface area contributed by atoms with E-state index in [2.05, 4.69) is 10.2 Å². The van der Waals surface area contributed by atoms with E-state index in [0.717, 1.165) is 44.3 Å². The molecular weight excluding hydrogens is 295 g/mol. The average Bonchev–Trinajstić information content (AvgIpc) is 3.34. The fourth-order valence-electron chi connectivity index (χ4n) is 3.25. The first-order valence-electron chi connectivity index (χ1n) is 8.59. The molecule has 5 heteroatoms. The number of piperidine rings is 1. The minimum atomic E-state index is -0.362. The summed E-state index contributed by atoms with van der Waals surface area (Å²) in [5, 5.41) is 3.10. The first-order valence-corrected chi connectivity index (χ1v) is 8.59. The summed E-state index contributed by atoms with van der Waals surface area (Å²) >= 11 is 0. The van der Waals surface area contributed by atoms with Crippen LogP contribution in [0, 0.1) is 5.82 Å². The number of halogens is 1. The molecule has 1 saturated heterocycles. The third-order valence-electron chi connectivity index (χ3n) is 4.53. The van der Waals surface area contributed by atoms with E-state index in [-0.39, 0.29) is 23.9 Å². The molecule has 0 unspecified atom stereocenters. The Morgan fingerprint density at radius 1 is 1.35 bits per heavy atom. The van der Waals surface area contributed by atoms with Gasteiger partial charge < -0.3 is 10.1 Å². The van der Waals surface area contributed by atoms with Gasteiger partial charge in [-0.1, -0.05) is 12.1 Å². The number of amides is 1. The number of hydrogen-bond donors (Lipinski definition) is 1. The van der Waals surface area contributed by atoms with Crippen LogP contribution in [0.4, 0.5) is 4.39 Å². The molecule has 0 radical (unpaired) electrons. The van der Waals surface area contributed by atoms with E-state index >= 15 is 0 Å². The van der Waals surface area contributed by atoms with Crippen LogP contribution >= 0.6 is 0 Å². The molecule has 1 heterocycles. The predicted octanol–water partition coefficient (Wildman–Crippen LogP) is 2.65. The van der Waals surface area contributed by atoms with Gasteiger partial charge in [0.2, 0.25) is 5.91 Å². The summed E-state index contributed by atoms with van der Waals surface area (Å²) in [6, 6.07) is 6.25. The molecule has 1 aliphatic heterocycles. The molecular formula is C18H25FN2O2. The Morgan fingerprint density at radius 2 is 2.09 bits per heavy atom. The minimum absolute atomic E-state index is 0.0243. The Balaban J connectivity index is 1.78. The van der Waals surface area contributed by atoms with Crippen molar-refractivity contribution < 1.29 is 13.9 Å². The lowest BCUT2D eigenvalue weighted by molar-refractivity contribution is -0.128. The van der Waals surface area contributed by atoms with Crippen LogP contribution in [0.25, 0.3) is 0 Å². The molecule has 2 atom stereocenters. The standard InChI is InChI=1S/C18H25FN2O2/c1-2-23-16-4-3-11-21(12-16)17(18(22)20-15-9-10-15)13-5-7-14(19)8-6-13/h5-8,15-17H,2-4,9-12H2,1H3,(H,20,22)/t16-,17+/m0/s1. The van der Waals surface area contributed by atoms with Crippen molar-refractivity contribution in [3.05, 3.63) is 35.6 Å². The smallest absolute Gasteiger partial charge is 0.242 e. The van der Waals surface area contributed by atoms with Crippen molar-refractivity contribution in [3.63, 3.8) is 0 Å². The summed E-state index contributed by atoms with van der Waals surface area (Å²) in [5.41, 5.74) is 0.849. The summed E-state index contributed by atoms with van der Waals surface area (Å²) in [6.07, 6.45) is 4.34. The van der Waals surface area contributed by atoms with Crippen molar-refractivity contribution in [2.75, 3.05) is 19.7 Å². The van der Waals surface area contributed by atoms with Gasteiger partial charge in [0.25, 0.3) is 0 Å². The number of likely N-dealkylation sites (tertiary alicyclic amines) is 1. The van der Waals surface area contributed by atoms with Crippen LogP contribution in [-0.2, 0) is 9.53 Å². The molecule has 23 heavy (non-hydrogen) atoms. The Bertz CT molecular complexity index is 528. The second-order valence-electron chi connectivity index (χ2n) is 6.45. The molecule has 4 nitrogen and oxygen atoms in total. The summed E-state index contributed by atoms with van der Waals surface area (Å²) in [4.78, 5) is 14.9. The summed E-state index contributed by atoms with van der Waals surface area (Å²) in [5.74, 6) is -0.253. The van der Waals surface area contributed by atoms with Crippen molar-refractivity contribution in [1.82, 2.24) is 10.2 Å². The van der Waals surface area contributed by atoms with Crippen LogP contribution in [0.1, 0.15) is 44.2 Å². The number of ether oxygens (including phenoxy) is 1. The van der Waals surface area contributed by atoms with Gasteiger partial charge in [0.15, 0.2) is 0 Å². The number of carbonyl (C=O) groups excluding carboxylic acids is 1. The highest BCUT2D eigenvalue weighted by molar-refractivity contribution is 5.83.